The van der Waals surface area contributed by atoms with Crippen molar-refractivity contribution in [3.8, 4) is 0 Å². The highest BCUT2D eigenvalue weighted by Crippen LogP contribution is 2.03. The fourth-order valence-electron chi connectivity index (χ4n) is 1.54. The van der Waals surface area contributed by atoms with Gasteiger partial charge in [0.15, 0.2) is 0 Å². The van der Waals surface area contributed by atoms with Crippen molar-refractivity contribution in [2.75, 3.05) is 0 Å². The number of hydrogen-bond donors (Lipinski definition) is 2. The van der Waals surface area contributed by atoms with E-state index in [9.17, 15) is 9.59 Å². The van der Waals surface area contributed by atoms with Crippen LogP contribution in [0.5, 0.6) is 0 Å². The van der Waals surface area contributed by atoms with Gasteiger partial charge in [-0.15, -0.1) is 0 Å². The molecular weight excluding hydrogens is 218 g/mol. The van der Waals surface area contributed by atoms with Crippen LogP contribution >= 0.6 is 0 Å². The van der Waals surface area contributed by atoms with Gasteiger partial charge in [0.25, 0.3) is 11.5 Å². The second kappa shape index (κ2) is 6.83. The van der Waals surface area contributed by atoms with E-state index in [1.807, 2.05) is 6.92 Å². The summed E-state index contributed by atoms with van der Waals surface area (Å²) in [5.74, 6) is -0.245. The molecule has 0 spiro atoms. The summed E-state index contributed by atoms with van der Waals surface area (Å²) in [5.41, 5.74) is -0.0653. The molecule has 5 nitrogen and oxygen atoms in total. The molecule has 2 N–H and O–H groups in total. The third kappa shape index (κ3) is 4.80. The number of hydrogen-bond acceptors (Lipinski definition) is 3. The van der Waals surface area contributed by atoms with E-state index in [4.69, 9.17) is 0 Å². The van der Waals surface area contributed by atoms with Crippen molar-refractivity contribution < 1.29 is 4.79 Å². The highest BCUT2D eigenvalue weighted by atomic mass is 16.2. The maximum atomic E-state index is 11.7. The van der Waals surface area contributed by atoms with Crippen molar-refractivity contribution in [3.05, 3.63) is 28.2 Å². The lowest BCUT2D eigenvalue weighted by Gasteiger charge is -2.12. The van der Waals surface area contributed by atoms with Crippen LogP contribution in [0.2, 0.25) is 0 Å². The summed E-state index contributed by atoms with van der Waals surface area (Å²) >= 11 is 0. The summed E-state index contributed by atoms with van der Waals surface area (Å²) in [7, 11) is 0. The first-order chi connectivity index (χ1) is 8.13. The van der Waals surface area contributed by atoms with Gasteiger partial charge in [-0.2, -0.15) is 5.10 Å². The Morgan fingerprint density at radius 1 is 1.47 bits per heavy atom. The van der Waals surface area contributed by atoms with E-state index in [1.54, 1.807) is 0 Å². The van der Waals surface area contributed by atoms with Gasteiger partial charge in [-0.3, -0.25) is 9.59 Å². The highest BCUT2D eigenvalue weighted by molar-refractivity contribution is 5.92. The minimum absolute atomic E-state index is 0.128. The van der Waals surface area contributed by atoms with Crippen molar-refractivity contribution in [2.24, 2.45) is 0 Å². The van der Waals surface area contributed by atoms with Gasteiger partial charge >= 0.3 is 0 Å². The summed E-state index contributed by atoms with van der Waals surface area (Å²) in [6.45, 7) is 4.12. The lowest BCUT2D eigenvalue weighted by atomic mass is 10.1. The van der Waals surface area contributed by atoms with Gasteiger partial charge < -0.3 is 5.32 Å². The van der Waals surface area contributed by atoms with Gasteiger partial charge in [0, 0.05) is 12.1 Å². The molecule has 0 aliphatic heterocycles. The SMILES string of the molecule is CCCCCC(C)NC(=O)c1ccc(=O)[nH]n1. The molecule has 0 fully saturated rings. The van der Waals surface area contributed by atoms with Gasteiger partial charge in [-0.25, -0.2) is 5.10 Å². The first-order valence-corrected chi connectivity index (χ1v) is 6.00. The summed E-state index contributed by atoms with van der Waals surface area (Å²) in [6, 6.07) is 2.85. The lowest BCUT2D eigenvalue weighted by Crippen LogP contribution is -2.33. The van der Waals surface area contributed by atoms with Crippen LogP contribution < -0.4 is 10.9 Å². The number of carbonyl (C=O) groups is 1. The standard InChI is InChI=1S/C12H19N3O2/c1-3-4-5-6-9(2)13-12(17)10-7-8-11(16)15-14-10/h7-9H,3-6H2,1-2H3,(H,13,17)(H,15,16). The monoisotopic (exact) mass is 237 g/mol. The van der Waals surface area contributed by atoms with E-state index in [0.29, 0.717) is 0 Å². The number of rotatable bonds is 6. The van der Waals surface area contributed by atoms with Crippen LogP contribution in [0.25, 0.3) is 0 Å². The lowest BCUT2D eigenvalue weighted by molar-refractivity contribution is 0.0931. The van der Waals surface area contributed by atoms with Crippen LogP contribution in [0.1, 0.15) is 50.0 Å². The Morgan fingerprint density at radius 3 is 2.82 bits per heavy atom. The molecule has 1 rings (SSSR count). The second-order valence-electron chi connectivity index (χ2n) is 4.18. The largest absolute Gasteiger partial charge is 0.348 e. The molecule has 17 heavy (non-hydrogen) atoms. The summed E-state index contributed by atoms with van der Waals surface area (Å²) < 4.78 is 0. The second-order valence-corrected chi connectivity index (χ2v) is 4.18. The number of amides is 1. The molecule has 0 bridgehead atoms. The molecule has 1 aromatic rings. The van der Waals surface area contributed by atoms with Gasteiger partial charge in [0.2, 0.25) is 0 Å². The van der Waals surface area contributed by atoms with Gasteiger partial charge in [0.05, 0.1) is 0 Å². The Kier molecular flexibility index (Phi) is 5.39. The number of aromatic amines is 1. The molecule has 94 valence electrons. The number of carbonyl (C=O) groups excluding carboxylic acids is 1. The van der Waals surface area contributed by atoms with Crippen molar-refractivity contribution in [3.63, 3.8) is 0 Å². The van der Waals surface area contributed by atoms with E-state index in [-0.39, 0.29) is 23.2 Å². The average molecular weight is 237 g/mol. The molecule has 0 aliphatic rings. The zero-order valence-corrected chi connectivity index (χ0v) is 10.3. The van der Waals surface area contributed by atoms with Gasteiger partial charge in [0.1, 0.15) is 5.69 Å². The molecular formula is C12H19N3O2. The van der Waals surface area contributed by atoms with E-state index in [2.05, 4.69) is 22.4 Å². The van der Waals surface area contributed by atoms with Crippen molar-refractivity contribution in [1.82, 2.24) is 15.5 Å². The van der Waals surface area contributed by atoms with E-state index < -0.39 is 0 Å². The smallest absolute Gasteiger partial charge is 0.271 e. The fraction of sp³-hybridized carbons (Fsp3) is 0.583. The molecule has 0 aliphatic carbocycles. The maximum Gasteiger partial charge on any atom is 0.271 e. The van der Waals surface area contributed by atoms with E-state index in [1.165, 1.54) is 25.0 Å². The zero-order valence-electron chi connectivity index (χ0n) is 10.3. The molecule has 0 saturated carbocycles. The third-order valence-corrected chi connectivity index (χ3v) is 2.53. The predicted molar refractivity (Wildman–Crippen MR) is 65.9 cm³/mol. The molecule has 0 aromatic carbocycles. The van der Waals surface area contributed by atoms with Gasteiger partial charge in [-0.1, -0.05) is 26.2 Å². The maximum absolute atomic E-state index is 11.7. The molecule has 1 heterocycles. The molecule has 1 aromatic heterocycles. The first kappa shape index (κ1) is 13.4. The molecule has 5 heteroatoms. The Hall–Kier alpha value is -1.65. The number of nitrogens with zero attached hydrogens (tertiary/aromatic N) is 1. The first-order valence-electron chi connectivity index (χ1n) is 6.00. The Balaban J connectivity index is 2.43. The third-order valence-electron chi connectivity index (χ3n) is 2.53. The van der Waals surface area contributed by atoms with E-state index >= 15 is 0 Å². The topological polar surface area (TPSA) is 74.8 Å². The van der Waals surface area contributed by atoms with Crippen molar-refractivity contribution in [1.29, 1.82) is 0 Å². The quantitative estimate of drug-likeness (QED) is 0.736. The normalized spacial score (nSPS) is 12.1. The molecule has 1 atom stereocenters. The van der Waals surface area contributed by atoms with Crippen LogP contribution in [-0.2, 0) is 0 Å². The van der Waals surface area contributed by atoms with Crippen LogP contribution in [-0.4, -0.2) is 22.1 Å². The Morgan fingerprint density at radius 2 is 2.24 bits per heavy atom. The number of nitrogens with one attached hydrogen (secondary N) is 2. The Bertz CT molecular complexity index is 394. The average Bonchev–Trinajstić information content (AvgIpc) is 2.30. The van der Waals surface area contributed by atoms with Gasteiger partial charge in [-0.05, 0) is 19.4 Å². The summed E-state index contributed by atoms with van der Waals surface area (Å²) in [5, 5.41) is 8.77. The van der Waals surface area contributed by atoms with Crippen LogP contribution in [0.15, 0.2) is 16.9 Å². The number of unbranched alkanes of at least 4 members (excludes halogenated alkanes) is 2. The zero-order chi connectivity index (χ0) is 12.7. The summed E-state index contributed by atoms with van der Waals surface area (Å²) in [4.78, 5) is 22.5. The Labute approximate surface area is 101 Å². The minimum Gasteiger partial charge on any atom is -0.348 e. The molecule has 0 saturated heterocycles. The van der Waals surface area contributed by atoms with Crippen LogP contribution in [0.4, 0.5) is 0 Å². The fourth-order valence-corrected chi connectivity index (χ4v) is 1.54. The highest BCUT2D eigenvalue weighted by Gasteiger charge is 2.10. The summed E-state index contributed by atoms with van der Waals surface area (Å²) in [6.07, 6.45) is 4.42. The van der Waals surface area contributed by atoms with Crippen LogP contribution in [0.3, 0.4) is 0 Å². The van der Waals surface area contributed by atoms with Crippen molar-refractivity contribution >= 4 is 5.91 Å². The molecule has 1 unspecified atom stereocenters. The number of H-pyrrole nitrogens is 1. The predicted octanol–water partition coefficient (Wildman–Crippen LogP) is 1.47. The molecule has 0 radical (unpaired) electrons. The van der Waals surface area contributed by atoms with Crippen molar-refractivity contribution in [2.45, 2.75) is 45.6 Å². The van der Waals surface area contributed by atoms with Crippen LogP contribution in [0, 0.1) is 0 Å². The molecule has 1 amide bonds. The minimum atomic E-state index is -0.308. The number of aromatic nitrogens is 2. The van der Waals surface area contributed by atoms with E-state index in [0.717, 1.165) is 12.8 Å².